The summed E-state index contributed by atoms with van der Waals surface area (Å²) in [5, 5.41) is 0. The van der Waals surface area contributed by atoms with Gasteiger partial charge < -0.3 is 13.6 Å². The van der Waals surface area contributed by atoms with Gasteiger partial charge in [0, 0.05) is 0 Å². The molecule has 0 amide bonds. The third kappa shape index (κ3) is 3.43. The fourth-order valence-electron chi connectivity index (χ4n) is 10.1. The average Bonchev–Trinajstić information content (AvgIpc) is 3.68. The van der Waals surface area contributed by atoms with Crippen molar-refractivity contribution in [2.24, 2.45) is 76.9 Å². The third-order valence-corrected chi connectivity index (χ3v) is 12.5. The molecule has 5 fully saturated rings. The van der Waals surface area contributed by atoms with Crippen LogP contribution in [0.3, 0.4) is 0 Å². The maximum atomic E-state index is 6.55. The molecule has 0 heterocycles. The van der Waals surface area contributed by atoms with Crippen molar-refractivity contribution in [1.29, 1.82) is 0 Å². The average molecular weight is 467 g/mol. The van der Waals surface area contributed by atoms with Crippen LogP contribution in [-0.2, 0) is 13.6 Å². The van der Waals surface area contributed by atoms with Crippen LogP contribution in [0.4, 0.5) is 0 Å². The van der Waals surface area contributed by atoms with Crippen LogP contribution in [0.2, 0.25) is 0 Å². The Kier molecular flexibility index (Phi) is 5.03. The first-order chi connectivity index (χ1) is 16.3. The number of rotatable bonds is 9. The summed E-state index contributed by atoms with van der Waals surface area (Å²) in [6.07, 6.45) is 24.4. The van der Waals surface area contributed by atoms with Gasteiger partial charge in [0.05, 0.1) is 19.8 Å². The molecule has 0 aromatic carbocycles. The minimum atomic E-state index is -1.22. The van der Waals surface area contributed by atoms with Gasteiger partial charge in [0.2, 0.25) is 0 Å². The lowest BCUT2D eigenvalue weighted by Crippen LogP contribution is -2.32. The van der Waals surface area contributed by atoms with Crippen molar-refractivity contribution < 1.29 is 13.6 Å². The second kappa shape index (κ2) is 8.02. The molecule has 13 unspecified atom stereocenters. The Bertz CT molecular complexity index is 829. The minimum absolute atomic E-state index is 0.673. The fourth-order valence-corrected chi connectivity index (χ4v) is 11.3. The normalized spacial score (nSPS) is 54.4. The van der Waals surface area contributed by atoms with Gasteiger partial charge in [0.15, 0.2) is 0 Å². The molecule has 33 heavy (non-hydrogen) atoms. The van der Waals surface area contributed by atoms with Gasteiger partial charge in [-0.05, 0) is 122 Å². The molecule has 0 aliphatic heterocycles. The Labute approximate surface area is 200 Å². The predicted octanol–water partition coefficient (Wildman–Crippen LogP) is 6.78. The lowest BCUT2D eigenvalue weighted by atomic mass is 9.70. The fraction of sp³-hybridized carbons (Fsp3) is 0.793. The summed E-state index contributed by atoms with van der Waals surface area (Å²) in [4.78, 5) is 0. The second-order valence-electron chi connectivity index (χ2n) is 12.9. The van der Waals surface area contributed by atoms with Gasteiger partial charge in [0.1, 0.15) is 0 Å². The SMILES string of the molecule is C1=CC2CC1CC2COP(OCC1CC2C=CC1C2)OCC1CC2CC1C1C3C=CC(C3)C21. The molecule has 8 aliphatic carbocycles. The molecule has 0 N–H and O–H groups in total. The quantitative estimate of drug-likeness (QED) is 0.213. The number of fused-ring (bicyclic) bond motifs is 13. The maximum absolute atomic E-state index is 6.55. The molecule has 5 saturated carbocycles. The predicted molar refractivity (Wildman–Crippen MR) is 130 cm³/mol. The van der Waals surface area contributed by atoms with Gasteiger partial charge in [-0.1, -0.05) is 36.5 Å². The van der Waals surface area contributed by atoms with Crippen molar-refractivity contribution in [2.75, 3.05) is 19.8 Å². The lowest BCUT2D eigenvalue weighted by Gasteiger charge is -2.37. The molecule has 3 nitrogen and oxygen atoms in total. The Morgan fingerprint density at radius 1 is 0.515 bits per heavy atom. The van der Waals surface area contributed by atoms with E-state index < -0.39 is 8.60 Å². The molecule has 178 valence electrons. The Morgan fingerprint density at radius 2 is 1.09 bits per heavy atom. The molecule has 8 bridgehead atoms. The maximum Gasteiger partial charge on any atom is 0.332 e. The van der Waals surface area contributed by atoms with Crippen LogP contribution in [0.15, 0.2) is 36.5 Å². The van der Waals surface area contributed by atoms with Crippen molar-refractivity contribution in [3.63, 3.8) is 0 Å². The molecule has 0 radical (unpaired) electrons. The minimum Gasteiger partial charge on any atom is -0.312 e. The van der Waals surface area contributed by atoms with Gasteiger partial charge in [-0.25, -0.2) is 0 Å². The molecule has 8 rings (SSSR count). The number of hydrogen-bond donors (Lipinski definition) is 0. The van der Waals surface area contributed by atoms with Crippen LogP contribution in [-0.4, -0.2) is 19.8 Å². The van der Waals surface area contributed by atoms with E-state index in [-0.39, 0.29) is 0 Å². The van der Waals surface area contributed by atoms with Gasteiger partial charge in [0.25, 0.3) is 0 Å². The van der Waals surface area contributed by atoms with Crippen molar-refractivity contribution in [3.8, 4) is 0 Å². The Hall–Kier alpha value is -0.470. The first-order valence-electron chi connectivity index (χ1n) is 14.0. The van der Waals surface area contributed by atoms with Crippen LogP contribution in [0.25, 0.3) is 0 Å². The lowest BCUT2D eigenvalue weighted by molar-refractivity contribution is 0.0760. The monoisotopic (exact) mass is 466 g/mol. The van der Waals surface area contributed by atoms with Crippen molar-refractivity contribution in [2.45, 2.75) is 44.9 Å². The Morgan fingerprint density at radius 3 is 1.67 bits per heavy atom. The van der Waals surface area contributed by atoms with Crippen LogP contribution in [0.1, 0.15) is 44.9 Å². The highest BCUT2D eigenvalue weighted by molar-refractivity contribution is 7.41. The van der Waals surface area contributed by atoms with Gasteiger partial charge in [-0.3, -0.25) is 0 Å². The highest BCUT2D eigenvalue weighted by Gasteiger charge is 2.60. The zero-order valence-corrected chi connectivity index (χ0v) is 20.6. The summed E-state index contributed by atoms with van der Waals surface area (Å²) < 4.78 is 19.5. The molecule has 13 atom stereocenters. The van der Waals surface area contributed by atoms with Gasteiger partial charge in [-0.2, -0.15) is 0 Å². The van der Waals surface area contributed by atoms with E-state index in [1.165, 1.54) is 44.9 Å². The van der Waals surface area contributed by atoms with Crippen LogP contribution < -0.4 is 0 Å². The van der Waals surface area contributed by atoms with E-state index in [9.17, 15) is 0 Å². The van der Waals surface area contributed by atoms with Crippen LogP contribution >= 0.6 is 8.60 Å². The van der Waals surface area contributed by atoms with Gasteiger partial charge in [-0.15, -0.1) is 0 Å². The summed E-state index contributed by atoms with van der Waals surface area (Å²) in [5.41, 5.74) is 0. The summed E-state index contributed by atoms with van der Waals surface area (Å²) in [6.45, 7) is 2.51. The molecule has 0 saturated heterocycles. The molecular weight excluding hydrogens is 427 g/mol. The Balaban J connectivity index is 0.898. The molecule has 0 aromatic heterocycles. The molecule has 4 heteroatoms. The van der Waals surface area contributed by atoms with E-state index in [0.29, 0.717) is 11.8 Å². The zero-order valence-electron chi connectivity index (χ0n) is 19.7. The smallest absolute Gasteiger partial charge is 0.312 e. The molecule has 0 spiro atoms. The third-order valence-electron chi connectivity index (χ3n) is 11.4. The number of allylic oxidation sites excluding steroid dienone is 6. The van der Waals surface area contributed by atoms with E-state index in [0.717, 1.165) is 84.9 Å². The van der Waals surface area contributed by atoms with E-state index in [2.05, 4.69) is 36.5 Å². The number of hydrogen-bond acceptors (Lipinski definition) is 3. The van der Waals surface area contributed by atoms with E-state index in [1.807, 2.05) is 0 Å². The van der Waals surface area contributed by atoms with Gasteiger partial charge >= 0.3 is 8.60 Å². The topological polar surface area (TPSA) is 27.7 Å². The van der Waals surface area contributed by atoms with E-state index in [1.54, 1.807) is 0 Å². The van der Waals surface area contributed by atoms with Crippen molar-refractivity contribution >= 4 is 8.60 Å². The molecule has 8 aliphatic rings. The van der Waals surface area contributed by atoms with Crippen molar-refractivity contribution in [1.82, 2.24) is 0 Å². The largest absolute Gasteiger partial charge is 0.332 e. The first-order valence-corrected chi connectivity index (χ1v) is 15.1. The highest BCUT2D eigenvalue weighted by Crippen LogP contribution is 2.67. The summed E-state index contributed by atoms with van der Waals surface area (Å²) in [7, 11) is -1.22. The van der Waals surface area contributed by atoms with Crippen LogP contribution in [0.5, 0.6) is 0 Å². The van der Waals surface area contributed by atoms with Crippen molar-refractivity contribution in [3.05, 3.63) is 36.5 Å². The summed E-state index contributed by atoms with van der Waals surface area (Å²) in [6, 6.07) is 0. The zero-order chi connectivity index (χ0) is 21.5. The van der Waals surface area contributed by atoms with E-state index in [4.69, 9.17) is 13.6 Å². The molecule has 0 aromatic rings. The second-order valence-corrected chi connectivity index (χ2v) is 14.2. The van der Waals surface area contributed by atoms with Crippen LogP contribution in [0, 0.1) is 76.9 Å². The van der Waals surface area contributed by atoms with E-state index >= 15 is 0 Å². The standard InChI is InChI=1S/C29H39O3P/c1-3-19-7-17(1)9-24(19)14-30-33(31-15-25-10-18-2-4-20(25)8-18)32-16-26-12-23-13-27(26)29-22-6-5-21(11-22)28(23)29/h1-6,17-29H,7-16H2. The highest BCUT2D eigenvalue weighted by atomic mass is 31.2. The molecular formula is C29H39O3P. The first kappa shape index (κ1) is 20.7. The summed E-state index contributed by atoms with van der Waals surface area (Å²) in [5.74, 6) is 10.8. The summed E-state index contributed by atoms with van der Waals surface area (Å²) >= 11 is 0.